The van der Waals surface area contributed by atoms with Gasteiger partial charge in [-0.15, -0.1) is 24.0 Å². The molecule has 1 aromatic carbocycles. The molecule has 0 atom stereocenters. The van der Waals surface area contributed by atoms with Crippen molar-refractivity contribution in [1.82, 2.24) is 10.6 Å². The molecule has 25 heavy (non-hydrogen) atoms. The second-order valence-corrected chi connectivity index (χ2v) is 8.27. The second-order valence-electron chi connectivity index (χ2n) is 6.25. The number of halogens is 1. The van der Waals surface area contributed by atoms with Gasteiger partial charge >= 0.3 is 0 Å². The highest BCUT2D eigenvalue weighted by Crippen LogP contribution is 2.10. The van der Waals surface area contributed by atoms with Crippen molar-refractivity contribution in [3.05, 3.63) is 29.8 Å². The van der Waals surface area contributed by atoms with Crippen LogP contribution in [0.3, 0.4) is 0 Å². The molecule has 1 aromatic rings. The van der Waals surface area contributed by atoms with Crippen molar-refractivity contribution in [2.24, 2.45) is 4.99 Å². The van der Waals surface area contributed by atoms with Crippen LogP contribution in [0.15, 0.2) is 34.2 Å². The van der Waals surface area contributed by atoms with Crippen LogP contribution in [0.25, 0.3) is 0 Å². The molecular weight excluding hydrogens is 453 g/mol. The summed E-state index contributed by atoms with van der Waals surface area (Å²) in [6.07, 6.45) is 1.99. The van der Waals surface area contributed by atoms with Gasteiger partial charge in [0, 0.05) is 26.5 Å². The molecule has 0 spiro atoms. The number of hydrogen-bond donors (Lipinski definition) is 2. The van der Waals surface area contributed by atoms with Crippen molar-refractivity contribution in [3.8, 4) is 0 Å². The summed E-state index contributed by atoms with van der Waals surface area (Å²) in [4.78, 5) is 4.87. The lowest BCUT2D eigenvalue weighted by molar-refractivity contribution is 0.0310. The number of aliphatic imine (C=N–C) groups is 1. The van der Waals surface area contributed by atoms with E-state index in [1.807, 2.05) is 32.9 Å². The fourth-order valence-electron chi connectivity index (χ4n) is 1.90. The SMILES string of the molecule is CCNC(=NCC(C)(C)OC)NCCc1ccc(S(C)(=O)=O)cc1.I. The lowest BCUT2D eigenvalue weighted by Crippen LogP contribution is -2.40. The number of rotatable bonds is 8. The number of hydrogen-bond acceptors (Lipinski definition) is 4. The highest BCUT2D eigenvalue weighted by atomic mass is 127. The molecular formula is C17H30IN3O3S. The van der Waals surface area contributed by atoms with Gasteiger partial charge in [-0.05, 0) is 44.9 Å². The zero-order valence-electron chi connectivity index (χ0n) is 15.6. The Kier molecular flexibility index (Phi) is 10.6. The highest BCUT2D eigenvalue weighted by Gasteiger charge is 2.15. The molecule has 6 nitrogen and oxygen atoms in total. The van der Waals surface area contributed by atoms with E-state index in [-0.39, 0.29) is 29.6 Å². The molecule has 0 aliphatic rings. The number of sulfone groups is 1. The van der Waals surface area contributed by atoms with E-state index in [0.717, 1.165) is 24.5 Å². The van der Waals surface area contributed by atoms with Gasteiger partial charge in [-0.25, -0.2) is 8.42 Å². The number of nitrogens with zero attached hydrogens (tertiary/aromatic N) is 1. The Morgan fingerprint density at radius 1 is 1.20 bits per heavy atom. The van der Waals surface area contributed by atoms with Crippen LogP contribution < -0.4 is 10.6 Å². The van der Waals surface area contributed by atoms with E-state index >= 15 is 0 Å². The minimum absolute atomic E-state index is 0. The zero-order valence-corrected chi connectivity index (χ0v) is 18.8. The average Bonchev–Trinajstić information content (AvgIpc) is 2.52. The molecule has 0 aliphatic heterocycles. The van der Waals surface area contributed by atoms with Crippen molar-refractivity contribution in [2.75, 3.05) is 33.0 Å². The van der Waals surface area contributed by atoms with Crippen LogP contribution >= 0.6 is 24.0 Å². The molecule has 0 fully saturated rings. The summed E-state index contributed by atoms with van der Waals surface area (Å²) >= 11 is 0. The van der Waals surface area contributed by atoms with Gasteiger partial charge in [0.1, 0.15) is 0 Å². The number of methoxy groups -OCH3 is 1. The van der Waals surface area contributed by atoms with Crippen LogP contribution in [-0.4, -0.2) is 53.0 Å². The first kappa shape index (κ1) is 24.1. The number of ether oxygens (including phenoxy) is 1. The normalized spacial score (nSPS) is 12.4. The van der Waals surface area contributed by atoms with E-state index in [1.54, 1.807) is 19.2 Å². The fraction of sp³-hybridized carbons (Fsp3) is 0.588. The Bertz CT molecular complexity index is 644. The maximum absolute atomic E-state index is 11.5. The smallest absolute Gasteiger partial charge is 0.191 e. The van der Waals surface area contributed by atoms with Gasteiger partial charge in [0.05, 0.1) is 17.0 Å². The van der Waals surface area contributed by atoms with Gasteiger partial charge in [-0.2, -0.15) is 0 Å². The fourth-order valence-corrected chi connectivity index (χ4v) is 2.53. The molecule has 0 heterocycles. The van der Waals surface area contributed by atoms with Crippen molar-refractivity contribution in [1.29, 1.82) is 0 Å². The van der Waals surface area contributed by atoms with Gasteiger partial charge in [-0.3, -0.25) is 4.99 Å². The first-order valence-electron chi connectivity index (χ1n) is 8.04. The van der Waals surface area contributed by atoms with Crippen LogP contribution in [0.5, 0.6) is 0 Å². The standard InChI is InChI=1S/C17H29N3O3S.HI/c1-6-18-16(20-13-17(2,3)23-4)19-12-11-14-7-9-15(10-8-14)24(5,21)22;/h7-10H,6,11-13H2,1-5H3,(H2,18,19,20);1H. The molecule has 8 heteroatoms. The quantitative estimate of drug-likeness (QED) is 0.337. The highest BCUT2D eigenvalue weighted by molar-refractivity contribution is 14.0. The van der Waals surface area contributed by atoms with Crippen molar-refractivity contribution in [3.63, 3.8) is 0 Å². The van der Waals surface area contributed by atoms with E-state index in [1.165, 1.54) is 6.26 Å². The molecule has 2 N–H and O–H groups in total. The largest absolute Gasteiger partial charge is 0.377 e. The van der Waals surface area contributed by atoms with Crippen LogP contribution in [0.2, 0.25) is 0 Å². The zero-order chi connectivity index (χ0) is 18.2. The van der Waals surface area contributed by atoms with Crippen LogP contribution in [0.4, 0.5) is 0 Å². The first-order valence-corrected chi connectivity index (χ1v) is 9.93. The first-order chi connectivity index (χ1) is 11.2. The van der Waals surface area contributed by atoms with Crippen molar-refractivity contribution < 1.29 is 13.2 Å². The van der Waals surface area contributed by atoms with E-state index < -0.39 is 9.84 Å². The summed E-state index contributed by atoms with van der Waals surface area (Å²) < 4.78 is 28.3. The number of nitrogens with one attached hydrogen (secondary N) is 2. The molecule has 0 saturated carbocycles. The summed E-state index contributed by atoms with van der Waals surface area (Å²) in [7, 11) is -1.46. The predicted molar refractivity (Wildman–Crippen MR) is 114 cm³/mol. The molecule has 0 unspecified atom stereocenters. The summed E-state index contributed by atoms with van der Waals surface area (Å²) in [5, 5.41) is 6.47. The maximum Gasteiger partial charge on any atom is 0.191 e. The molecule has 0 amide bonds. The van der Waals surface area contributed by atoms with Gasteiger partial charge in [0.2, 0.25) is 0 Å². The Hall–Kier alpha value is -0.870. The van der Waals surface area contributed by atoms with Crippen LogP contribution in [0.1, 0.15) is 26.3 Å². The number of guanidine groups is 1. The van der Waals surface area contributed by atoms with E-state index in [0.29, 0.717) is 18.0 Å². The van der Waals surface area contributed by atoms with E-state index in [9.17, 15) is 8.42 Å². The lowest BCUT2D eigenvalue weighted by Gasteiger charge is -2.21. The third-order valence-corrected chi connectivity index (χ3v) is 4.70. The van der Waals surface area contributed by atoms with Crippen molar-refractivity contribution >= 4 is 39.8 Å². The topological polar surface area (TPSA) is 79.8 Å². The lowest BCUT2D eigenvalue weighted by atomic mass is 10.1. The molecule has 0 radical (unpaired) electrons. The average molecular weight is 483 g/mol. The van der Waals surface area contributed by atoms with Gasteiger partial charge in [0.25, 0.3) is 0 Å². The molecule has 144 valence electrons. The third-order valence-electron chi connectivity index (χ3n) is 3.57. The molecule has 0 bridgehead atoms. The Morgan fingerprint density at radius 3 is 2.28 bits per heavy atom. The van der Waals surface area contributed by atoms with E-state index in [2.05, 4.69) is 15.6 Å². The number of benzene rings is 1. The summed E-state index contributed by atoms with van der Waals surface area (Å²) in [6.45, 7) is 8.04. The van der Waals surface area contributed by atoms with Crippen LogP contribution in [-0.2, 0) is 21.0 Å². The van der Waals surface area contributed by atoms with Gasteiger partial charge in [0.15, 0.2) is 15.8 Å². The van der Waals surface area contributed by atoms with Crippen molar-refractivity contribution in [2.45, 2.75) is 37.7 Å². The second kappa shape index (κ2) is 11.0. The van der Waals surface area contributed by atoms with Gasteiger partial charge < -0.3 is 15.4 Å². The monoisotopic (exact) mass is 483 g/mol. The Labute approximate surface area is 168 Å². The minimum atomic E-state index is -3.14. The Balaban J connectivity index is 0.00000576. The van der Waals surface area contributed by atoms with Gasteiger partial charge in [-0.1, -0.05) is 12.1 Å². The third kappa shape index (κ3) is 9.41. The summed E-state index contributed by atoms with van der Waals surface area (Å²) in [5.41, 5.74) is 0.770. The molecule has 0 aliphatic carbocycles. The Morgan fingerprint density at radius 2 is 1.80 bits per heavy atom. The minimum Gasteiger partial charge on any atom is -0.377 e. The van der Waals surface area contributed by atoms with E-state index in [4.69, 9.17) is 4.74 Å². The summed E-state index contributed by atoms with van der Waals surface area (Å²) in [6, 6.07) is 6.97. The maximum atomic E-state index is 11.5. The molecule has 0 aromatic heterocycles. The predicted octanol–water partition coefficient (Wildman–Crippen LogP) is 2.23. The summed E-state index contributed by atoms with van der Waals surface area (Å²) in [5.74, 6) is 0.746. The van der Waals surface area contributed by atoms with Crippen LogP contribution in [0, 0.1) is 0 Å². The molecule has 1 rings (SSSR count). The molecule has 0 saturated heterocycles.